The van der Waals surface area contributed by atoms with Gasteiger partial charge in [0.25, 0.3) is 0 Å². The summed E-state index contributed by atoms with van der Waals surface area (Å²) in [6.45, 7) is 3.73. The standard InChI is InChI=1S/C14H19NO2/c1-2-3-11-15(12-7-10-14(16)17)13-8-5-4-6-9-13/h4-10H,2-3,11-12H2,1H3,(H,16,17)/b10-7+. The van der Waals surface area contributed by atoms with E-state index in [1.165, 1.54) is 6.08 Å². The quantitative estimate of drug-likeness (QED) is 0.736. The van der Waals surface area contributed by atoms with Crippen LogP contribution in [-0.2, 0) is 4.79 Å². The Morgan fingerprint density at radius 3 is 2.65 bits per heavy atom. The summed E-state index contributed by atoms with van der Waals surface area (Å²) in [5, 5.41) is 8.57. The van der Waals surface area contributed by atoms with E-state index in [1.807, 2.05) is 30.3 Å². The summed E-state index contributed by atoms with van der Waals surface area (Å²) in [6.07, 6.45) is 5.12. The van der Waals surface area contributed by atoms with Crippen LogP contribution in [0.5, 0.6) is 0 Å². The molecule has 0 saturated carbocycles. The van der Waals surface area contributed by atoms with Crippen LogP contribution >= 0.6 is 0 Å². The lowest BCUT2D eigenvalue weighted by Crippen LogP contribution is -2.24. The number of unbranched alkanes of at least 4 members (excludes halogenated alkanes) is 1. The molecule has 0 heterocycles. The number of carboxylic acids is 1. The molecule has 0 atom stereocenters. The first kappa shape index (κ1) is 13.3. The molecule has 1 aromatic carbocycles. The maximum absolute atomic E-state index is 10.4. The van der Waals surface area contributed by atoms with Crippen molar-refractivity contribution in [2.75, 3.05) is 18.0 Å². The molecule has 1 rings (SSSR count). The Morgan fingerprint density at radius 2 is 2.06 bits per heavy atom. The average molecular weight is 233 g/mol. The molecule has 0 aliphatic carbocycles. The zero-order chi connectivity index (χ0) is 12.5. The summed E-state index contributed by atoms with van der Waals surface area (Å²) < 4.78 is 0. The molecule has 0 saturated heterocycles. The zero-order valence-electron chi connectivity index (χ0n) is 10.2. The minimum atomic E-state index is -0.895. The summed E-state index contributed by atoms with van der Waals surface area (Å²) in [5.74, 6) is -0.895. The second-order valence-corrected chi connectivity index (χ2v) is 3.88. The third-order valence-corrected chi connectivity index (χ3v) is 2.49. The number of aliphatic carboxylic acids is 1. The van der Waals surface area contributed by atoms with Crippen LogP contribution in [0.1, 0.15) is 19.8 Å². The third-order valence-electron chi connectivity index (χ3n) is 2.49. The fourth-order valence-electron chi connectivity index (χ4n) is 1.59. The highest BCUT2D eigenvalue weighted by atomic mass is 16.4. The minimum absolute atomic E-state index is 0.635. The fraction of sp³-hybridized carbons (Fsp3) is 0.357. The molecule has 0 radical (unpaired) electrons. The number of hydrogen-bond donors (Lipinski definition) is 1. The Kier molecular flexibility index (Phi) is 5.86. The van der Waals surface area contributed by atoms with Crippen LogP contribution in [0.3, 0.4) is 0 Å². The van der Waals surface area contributed by atoms with Crippen LogP contribution in [0.15, 0.2) is 42.5 Å². The molecular weight excluding hydrogens is 214 g/mol. The molecule has 0 aliphatic heterocycles. The molecule has 3 nitrogen and oxygen atoms in total. The van der Waals surface area contributed by atoms with Crippen LogP contribution in [0.25, 0.3) is 0 Å². The second kappa shape index (κ2) is 7.49. The smallest absolute Gasteiger partial charge is 0.328 e. The third kappa shape index (κ3) is 5.20. The molecule has 0 aromatic heterocycles. The number of rotatable bonds is 7. The molecule has 0 unspecified atom stereocenters. The van der Waals surface area contributed by atoms with E-state index in [1.54, 1.807) is 6.08 Å². The van der Waals surface area contributed by atoms with E-state index >= 15 is 0 Å². The predicted molar refractivity (Wildman–Crippen MR) is 70.3 cm³/mol. The number of carboxylic acid groups (broad SMARTS) is 1. The molecule has 92 valence electrons. The van der Waals surface area contributed by atoms with Gasteiger partial charge in [-0.2, -0.15) is 0 Å². The van der Waals surface area contributed by atoms with Gasteiger partial charge in [0, 0.05) is 24.9 Å². The van der Waals surface area contributed by atoms with Crippen molar-refractivity contribution in [2.24, 2.45) is 0 Å². The Morgan fingerprint density at radius 1 is 1.35 bits per heavy atom. The highest BCUT2D eigenvalue weighted by Gasteiger charge is 2.03. The molecule has 1 N–H and O–H groups in total. The first-order chi connectivity index (χ1) is 8.24. The van der Waals surface area contributed by atoms with E-state index in [9.17, 15) is 4.79 Å². The lowest BCUT2D eigenvalue weighted by molar-refractivity contribution is -0.131. The Hall–Kier alpha value is -1.77. The molecule has 3 heteroatoms. The molecule has 1 aromatic rings. The molecule has 0 spiro atoms. The Labute approximate surface area is 102 Å². The molecule has 0 amide bonds. The van der Waals surface area contributed by atoms with E-state index in [0.717, 1.165) is 25.1 Å². The normalized spacial score (nSPS) is 10.6. The molecular formula is C14H19NO2. The van der Waals surface area contributed by atoms with Gasteiger partial charge in [0.2, 0.25) is 0 Å². The van der Waals surface area contributed by atoms with Crippen molar-refractivity contribution in [3.05, 3.63) is 42.5 Å². The molecule has 0 aliphatic rings. The van der Waals surface area contributed by atoms with Crippen molar-refractivity contribution in [1.29, 1.82) is 0 Å². The first-order valence-corrected chi connectivity index (χ1v) is 5.93. The second-order valence-electron chi connectivity index (χ2n) is 3.88. The van der Waals surface area contributed by atoms with E-state index < -0.39 is 5.97 Å². The number of anilines is 1. The van der Waals surface area contributed by atoms with Gasteiger partial charge in [0.15, 0.2) is 0 Å². The Bertz CT molecular complexity index is 360. The largest absolute Gasteiger partial charge is 0.478 e. The maximum atomic E-state index is 10.4. The minimum Gasteiger partial charge on any atom is -0.478 e. The highest BCUT2D eigenvalue weighted by molar-refractivity contribution is 5.79. The first-order valence-electron chi connectivity index (χ1n) is 5.93. The number of para-hydroxylation sites is 1. The van der Waals surface area contributed by atoms with Crippen LogP contribution in [-0.4, -0.2) is 24.2 Å². The predicted octanol–water partition coefficient (Wildman–Crippen LogP) is 2.93. The topological polar surface area (TPSA) is 40.5 Å². The van der Waals surface area contributed by atoms with Crippen LogP contribution in [0.4, 0.5) is 5.69 Å². The van der Waals surface area contributed by atoms with Gasteiger partial charge in [0.1, 0.15) is 0 Å². The van der Waals surface area contributed by atoms with Crippen molar-refractivity contribution in [2.45, 2.75) is 19.8 Å². The summed E-state index contributed by atoms with van der Waals surface area (Å²) in [5.41, 5.74) is 1.14. The van der Waals surface area contributed by atoms with Gasteiger partial charge in [0.05, 0.1) is 0 Å². The van der Waals surface area contributed by atoms with Gasteiger partial charge in [-0.15, -0.1) is 0 Å². The summed E-state index contributed by atoms with van der Waals surface area (Å²) in [7, 11) is 0. The summed E-state index contributed by atoms with van der Waals surface area (Å²) >= 11 is 0. The lowest BCUT2D eigenvalue weighted by atomic mass is 10.2. The van der Waals surface area contributed by atoms with Crippen LogP contribution < -0.4 is 4.90 Å². The Balaban J connectivity index is 2.64. The fourth-order valence-corrected chi connectivity index (χ4v) is 1.59. The van der Waals surface area contributed by atoms with Crippen molar-refractivity contribution in [3.8, 4) is 0 Å². The number of nitrogens with zero attached hydrogens (tertiary/aromatic N) is 1. The van der Waals surface area contributed by atoms with Gasteiger partial charge < -0.3 is 10.0 Å². The van der Waals surface area contributed by atoms with Gasteiger partial charge in [-0.25, -0.2) is 4.79 Å². The van der Waals surface area contributed by atoms with Crippen LogP contribution in [0, 0.1) is 0 Å². The number of benzene rings is 1. The van der Waals surface area contributed by atoms with Gasteiger partial charge in [-0.3, -0.25) is 0 Å². The SMILES string of the molecule is CCCCN(C/C=C/C(=O)O)c1ccccc1. The monoisotopic (exact) mass is 233 g/mol. The molecule has 17 heavy (non-hydrogen) atoms. The number of carbonyl (C=O) groups is 1. The van der Waals surface area contributed by atoms with Crippen molar-refractivity contribution in [1.82, 2.24) is 0 Å². The van der Waals surface area contributed by atoms with E-state index in [0.29, 0.717) is 6.54 Å². The van der Waals surface area contributed by atoms with E-state index in [2.05, 4.69) is 11.8 Å². The maximum Gasteiger partial charge on any atom is 0.328 e. The van der Waals surface area contributed by atoms with Crippen molar-refractivity contribution in [3.63, 3.8) is 0 Å². The van der Waals surface area contributed by atoms with E-state index in [-0.39, 0.29) is 0 Å². The van der Waals surface area contributed by atoms with Crippen molar-refractivity contribution >= 4 is 11.7 Å². The summed E-state index contributed by atoms with van der Waals surface area (Å²) in [6, 6.07) is 10.1. The van der Waals surface area contributed by atoms with Gasteiger partial charge in [-0.1, -0.05) is 37.6 Å². The lowest BCUT2D eigenvalue weighted by Gasteiger charge is -2.23. The van der Waals surface area contributed by atoms with Crippen molar-refractivity contribution < 1.29 is 9.90 Å². The average Bonchev–Trinajstić information content (AvgIpc) is 2.34. The number of hydrogen-bond acceptors (Lipinski definition) is 2. The zero-order valence-corrected chi connectivity index (χ0v) is 10.2. The van der Waals surface area contributed by atoms with E-state index in [4.69, 9.17) is 5.11 Å². The molecule has 0 fully saturated rings. The van der Waals surface area contributed by atoms with Gasteiger partial charge >= 0.3 is 5.97 Å². The highest BCUT2D eigenvalue weighted by Crippen LogP contribution is 2.13. The van der Waals surface area contributed by atoms with Gasteiger partial charge in [-0.05, 0) is 18.6 Å². The molecule has 0 bridgehead atoms. The van der Waals surface area contributed by atoms with Crippen LogP contribution in [0.2, 0.25) is 0 Å². The summed E-state index contributed by atoms with van der Waals surface area (Å²) in [4.78, 5) is 12.6.